The molecule has 3 fully saturated rings. The highest BCUT2D eigenvalue weighted by Crippen LogP contribution is 2.43. The van der Waals surface area contributed by atoms with Crippen LogP contribution in [-0.4, -0.2) is 12.7 Å². The molecule has 2 nitrogen and oxygen atoms in total. The summed E-state index contributed by atoms with van der Waals surface area (Å²) in [7, 11) is 0. The molecule has 3 aliphatic carbocycles. The van der Waals surface area contributed by atoms with E-state index in [9.17, 15) is 8.78 Å². The highest BCUT2D eigenvalue weighted by atomic mass is 19.2. The molecule has 1 heterocycles. The third-order valence-electron chi connectivity index (χ3n) is 13.6. The highest BCUT2D eigenvalue weighted by molar-refractivity contribution is 5.64. The van der Waals surface area contributed by atoms with Gasteiger partial charge in [0.1, 0.15) is 0 Å². The van der Waals surface area contributed by atoms with Crippen LogP contribution in [0.2, 0.25) is 0 Å². The first-order chi connectivity index (χ1) is 26.3. The monoisotopic (exact) mass is 739 g/mol. The standard InChI is InChI=1S/C28H42F2O2.C22H26/c1-3-5-6-24-16-15-23-17-25(26(29)27(30)28(23)32-24)31-18-20-9-13-22(14-10-20)21-11-7-19(4-2)8-12-21;1-3-4-18-7-11-20(12-8-18)22-15-13-21(14-16-22)19-9-5-17(2)6-10-19/h17,19-22,24H,3-16,18H2,1-2H3;3-6,9-10,13-16,18,20H,7-8,11-12H2,1-2H3/b;4-3+. The molecule has 0 bridgehead atoms. The van der Waals surface area contributed by atoms with E-state index in [1.165, 1.54) is 92.9 Å². The Bertz CT molecular complexity index is 1590. The van der Waals surface area contributed by atoms with Gasteiger partial charge in [0.25, 0.3) is 0 Å². The molecule has 1 unspecified atom stereocenters. The van der Waals surface area contributed by atoms with Crippen LogP contribution in [0.3, 0.4) is 0 Å². The van der Waals surface area contributed by atoms with Gasteiger partial charge in [0.2, 0.25) is 11.6 Å². The van der Waals surface area contributed by atoms with Crippen molar-refractivity contribution in [2.24, 2.45) is 29.6 Å². The fourth-order valence-corrected chi connectivity index (χ4v) is 9.94. The van der Waals surface area contributed by atoms with Crippen LogP contribution >= 0.6 is 0 Å². The first-order valence-corrected chi connectivity index (χ1v) is 21.9. The van der Waals surface area contributed by atoms with Gasteiger partial charge in [-0.3, -0.25) is 0 Å². The van der Waals surface area contributed by atoms with Crippen molar-refractivity contribution in [3.63, 3.8) is 0 Å². The second-order valence-corrected chi connectivity index (χ2v) is 17.3. The number of ether oxygens (including phenoxy) is 2. The quantitative estimate of drug-likeness (QED) is 0.182. The number of rotatable bonds is 11. The molecule has 0 N–H and O–H groups in total. The lowest BCUT2D eigenvalue weighted by Gasteiger charge is -2.37. The number of benzene rings is 3. The number of allylic oxidation sites excluding steroid dienone is 2. The van der Waals surface area contributed by atoms with Crippen LogP contribution in [0.4, 0.5) is 8.78 Å². The van der Waals surface area contributed by atoms with E-state index in [4.69, 9.17) is 9.47 Å². The Morgan fingerprint density at radius 2 is 1.33 bits per heavy atom. The molecule has 3 aromatic rings. The summed E-state index contributed by atoms with van der Waals surface area (Å²) in [6, 6.07) is 19.8. The minimum Gasteiger partial charge on any atom is -0.490 e. The molecule has 0 aromatic heterocycles. The van der Waals surface area contributed by atoms with E-state index in [2.05, 4.69) is 88.4 Å². The summed E-state index contributed by atoms with van der Waals surface area (Å²) in [5, 5.41) is 0. The zero-order valence-electron chi connectivity index (χ0n) is 33.9. The van der Waals surface area contributed by atoms with Crippen molar-refractivity contribution in [2.45, 2.75) is 155 Å². The summed E-state index contributed by atoms with van der Waals surface area (Å²) < 4.78 is 41.1. The van der Waals surface area contributed by atoms with E-state index in [-0.39, 0.29) is 17.6 Å². The molecule has 3 saturated carbocycles. The van der Waals surface area contributed by atoms with Crippen LogP contribution in [0.1, 0.15) is 153 Å². The minimum absolute atomic E-state index is 0.00433. The van der Waals surface area contributed by atoms with E-state index >= 15 is 0 Å². The molecule has 4 heteroatoms. The van der Waals surface area contributed by atoms with Gasteiger partial charge in [-0.2, -0.15) is 8.78 Å². The molecule has 3 aromatic carbocycles. The third kappa shape index (κ3) is 10.8. The van der Waals surface area contributed by atoms with E-state index in [1.807, 2.05) is 0 Å². The van der Waals surface area contributed by atoms with Crippen molar-refractivity contribution in [3.05, 3.63) is 95.1 Å². The number of unbranched alkanes of at least 4 members (excludes halogenated alkanes) is 1. The van der Waals surface area contributed by atoms with Crippen molar-refractivity contribution >= 4 is 0 Å². The lowest BCUT2D eigenvalue weighted by Crippen LogP contribution is -2.27. The predicted octanol–water partition coefficient (Wildman–Crippen LogP) is 14.8. The zero-order valence-corrected chi connectivity index (χ0v) is 33.9. The first kappa shape index (κ1) is 40.5. The molecule has 0 amide bonds. The summed E-state index contributed by atoms with van der Waals surface area (Å²) in [5.74, 6) is 3.17. The molecule has 1 aliphatic heterocycles. The van der Waals surface area contributed by atoms with Crippen LogP contribution in [0.5, 0.6) is 11.5 Å². The Kier molecular flexibility index (Phi) is 15.1. The SMILES string of the molecule is C/C=C/C1CCC(c2ccc(-c3ccc(C)cc3)cc2)CC1.CCCCC1CCc2cc(OCC3CCC(C4CCC(CC)CC4)CC3)c(F)c(F)c2O1. The van der Waals surface area contributed by atoms with Gasteiger partial charge in [-0.25, -0.2) is 0 Å². The number of hydrogen-bond donors (Lipinski definition) is 0. The molecule has 0 spiro atoms. The van der Waals surface area contributed by atoms with Gasteiger partial charge in [0.15, 0.2) is 11.5 Å². The van der Waals surface area contributed by atoms with Crippen LogP contribution in [0, 0.1) is 48.1 Å². The van der Waals surface area contributed by atoms with E-state index in [0.717, 1.165) is 80.1 Å². The molecule has 54 heavy (non-hydrogen) atoms. The largest absolute Gasteiger partial charge is 0.490 e. The Morgan fingerprint density at radius 3 is 1.93 bits per heavy atom. The van der Waals surface area contributed by atoms with Crippen molar-refractivity contribution in [2.75, 3.05) is 6.61 Å². The Morgan fingerprint density at radius 1 is 0.722 bits per heavy atom. The molecule has 0 saturated heterocycles. The van der Waals surface area contributed by atoms with Gasteiger partial charge in [-0.15, -0.1) is 0 Å². The van der Waals surface area contributed by atoms with Crippen molar-refractivity contribution in [3.8, 4) is 22.6 Å². The lowest BCUT2D eigenvalue weighted by atomic mass is 9.69. The van der Waals surface area contributed by atoms with Gasteiger partial charge in [0, 0.05) is 5.56 Å². The van der Waals surface area contributed by atoms with Gasteiger partial charge in [-0.05, 0) is 156 Å². The summed E-state index contributed by atoms with van der Waals surface area (Å²) in [6.45, 7) is 9.22. The predicted molar refractivity (Wildman–Crippen MR) is 221 cm³/mol. The summed E-state index contributed by atoms with van der Waals surface area (Å²) in [6.07, 6.45) is 26.4. The van der Waals surface area contributed by atoms with Gasteiger partial charge in [-0.1, -0.05) is 112 Å². The number of fused-ring (bicyclic) bond motifs is 1. The Hall–Kier alpha value is -3.14. The fourth-order valence-electron chi connectivity index (χ4n) is 9.94. The third-order valence-corrected chi connectivity index (χ3v) is 13.6. The number of halogens is 2. The molecular weight excluding hydrogens is 671 g/mol. The molecule has 7 rings (SSSR count). The average Bonchev–Trinajstić information content (AvgIpc) is 3.22. The maximum atomic E-state index is 14.7. The van der Waals surface area contributed by atoms with Crippen LogP contribution in [0.25, 0.3) is 11.1 Å². The maximum absolute atomic E-state index is 14.7. The van der Waals surface area contributed by atoms with Gasteiger partial charge in [0.05, 0.1) is 12.7 Å². The molecule has 294 valence electrons. The minimum atomic E-state index is -0.888. The van der Waals surface area contributed by atoms with Crippen LogP contribution in [-0.2, 0) is 6.42 Å². The molecule has 0 radical (unpaired) electrons. The number of hydrogen-bond acceptors (Lipinski definition) is 2. The smallest absolute Gasteiger partial charge is 0.204 e. The summed E-state index contributed by atoms with van der Waals surface area (Å²) >= 11 is 0. The molecule has 1 atom stereocenters. The second-order valence-electron chi connectivity index (χ2n) is 17.3. The van der Waals surface area contributed by atoms with Crippen molar-refractivity contribution in [1.29, 1.82) is 0 Å². The second kappa shape index (κ2) is 20.1. The van der Waals surface area contributed by atoms with Gasteiger partial charge < -0.3 is 9.47 Å². The lowest BCUT2D eigenvalue weighted by molar-refractivity contribution is 0.120. The highest BCUT2D eigenvalue weighted by Gasteiger charge is 2.32. The average molecular weight is 739 g/mol. The van der Waals surface area contributed by atoms with E-state index in [0.29, 0.717) is 12.5 Å². The van der Waals surface area contributed by atoms with E-state index < -0.39 is 11.6 Å². The van der Waals surface area contributed by atoms with Crippen molar-refractivity contribution < 1.29 is 18.3 Å². The van der Waals surface area contributed by atoms with Gasteiger partial charge >= 0.3 is 0 Å². The van der Waals surface area contributed by atoms with Crippen LogP contribution in [0.15, 0.2) is 66.7 Å². The maximum Gasteiger partial charge on any atom is 0.204 e. The zero-order chi connectivity index (χ0) is 37.9. The molecular formula is C50H68F2O2. The Labute approximate surface area is 326 Å². The summed E-state index contributed by atoms with van der Waals surface area (Å²) in [4.78, 5) is 0. The fraction of sp³-hybridized carbons (Fsp3) is 0.600. The van der Waals surface area contributed by atoms with Crippen molar-refractivity contribution in [1.82, 2.24) is 0 Å². The normalized spacial score (nSPS) is 27.0. The summed E-state index contributed by atoms with van der Waals surface area (Å²) in [5.41, 5.74) is 6.23. The molecule has 4 aliphatic rings. The van der Waals surface area contributed by atoms with E-state index in [1.54, 1.807) is 6.07 Å². The Balaban J connectivity index is 0.000000197. The van der Waals surface area contributed by atoms with Crippen LogP contribution < -0.4 is 9.47 Å². The first-order valence-electron chi connectivity index (χ1n) is 21.9. The number of aryl methyl sites for hydroxylation is 2. The topological polar surface area (TPSA) is 18.5 Å².